The van der Waals surface area contributed by atoms with Crippen molar-refractivity contribution in [1.29, 1.82) is 0 Å². The topological polar surface area (TPSA) is 68.6 Å². The Kier molecular flexibility index (Phi) is 3.61. The minimum Gasteiger partial charge on any atom is -0.457 e. The molecule has 1 aliphatic heterocycles. The Bertz CT molecular complexity index is 793. The van der Waals surface area contributed by atoms with Gasteiger partial charge in [-0.05, 0) is 42.4 Å². The number of amidine groups is 1. The van der Waals surface area contributed by atoms with Crippen LogP contribution >= 0.6 is 23.4 Å². The van der Waals surface area contributed by atoms with E-state index in [9.17, 15) is 4.79 Å². The molecule has 106 valence electrons. The fourth-order valence-corrected chi connectivity index (χ4v) is 2.73. The van der Waals surface area contributed by atoms with Gasteiger partial charge in [0.2, 0.25) is 0 Å². The lowest BCUT2D eigenvalue weighted by molar-refractivity contribution is -0.113. The number of halogens is 1. The van der Waals surface area contributed by atoms with Gasteiger partial charge in [-0.2, -0.15) is 4.99 Å². The van der Waals surface area contributed by atoms with Crippen molar-refractivity contribution in [3.05, 3.63) is 51.6 Å². The molecule has 0 spiro atoms. The summed E-state index contributed by atoms with van der Waals surface area (Å²) in [6.45, 7) is 1.94. The number of hydrogen-bond donors (Lipinski definition) is 1. The van der Waals surface area contributed by atoms with Crippen LogP contribution in [0.2, 0.25) is 5.02 Å². The molecule has 1 aliphatic rings. The second-order valence-electron chi connectivity index (χ2n) is 4.53. The van der Waals surface area contributed by atoms with E-state index in [1.54, 1.807) is 12.1 Å². The third-order valence-electron chi connectivity index (χ3n) is 2.99. The quantitative estimate of drug-likeness (QED) is 0.854. The number of rotatable bonds is 2. The summed E-state index contributed by atoms with van der Waals surface area (Å²) in [5, 5.41) is 0.940. The van der Waals surface area contributed by atoms with E-state index in [0.29, 0.717) is 21.4 Å². The average Bonchev–Trinajstić information content (AvgIpc) is 3.01. The van der Waals surface area contributed by atoms with Crippen molar-refractivity contribution in [2.75, 3.05) is 0 Å². The minimum atomic E-state index is -0.339. The molecule has 0 bridgehead atoms. The molecule has 0 atom stereocenters. The molecule has 6 heteroatoms. The Morgan fingerprint density at radius 1 is 1.33 bits per heavy atom. The number of hydrogen-bond acceptors (Lipinski definition) is 4. The van der Waals surface area contributed by atoms with Crippen LogP contribution in [-0.2, 0) is 4.79 Å². The van der Waals surface area contributed by atoms with Crippen LogP contribution in [-0.4, -0.2) is 11.1 Å². The van der Waals surface area contributed by atoms with Gasteiger partial charge in [-0.3, -0.25) is 4.79 Å². The van der Waals surface area contributed by atoms with E-state index < -0.39 is 0 Å². The van der Waals surface area contributed by atoms with Crippen molar-refractivity contribution in [1.82, 2.24) is 0 Å². The van der Waals surface area contributed by atoms with Gasteiger partial charge in [-0.1, -0.05) is 23.7 Å². The first-order valence-electron chi connectivity index (χ1n) is 6.17. The predicted octanol–water partition coefficient (Wildman–Crippen LogP) is 3.84. The normalized spacial score (nSPS) is 16.6. The zero-order valence-corrected chi connectivity index (χ0v) is 12.7. The smallest absolute Gasteiger partial charge is 0.286 e. The van der Waals surface area contributed by atoms with E-state index >= 15 is 0 Å². The predicted molar refractivity (Wildman–Crippen MR) is 86.1 cm³/mol. The van der Waals surface area contributed by atoms with Crippen LogP contribution in [0, 0.1) is 6.92 Å². The Morgan fingerprint density at radius 2 is 2.14 bits per heavy atom. The summed E-state index contributed by atoms with van der Waals surface area (Å²) in [6.07, 6.45) is 1.63. The highest BCUT2D eigenvalue weighted by Gasteiger charge is 2.20. The molecule has 21 heavy (non-hydrogen) atoms. The summed E-state index contributed by atoms with van der Waals surface area (Å²) in [5.74, 6) is 0.921. The van der Waals surface area contributed by atoms with Gasteiger partial charge >= 0.3 is 0 Å². The molecule has 2 aromatic rings. The summed E-state index contributed by atoms with van der Waals surface area (Å²) >= 11 is 7.25. The number of aryl methyl sites for hydroxylation is 1. The number of benzene rings is 1. The van der Waals surface area contributed by atoms with Crippen LogP contribution < -0.4 is 5.73 Å². The fraction of sp³-hybridized carbons (Fsp3) is 0.0667. The number of carbonyl (C=O) groups is 1. The van der Waals surface area contributed by atoms with Crippen molar-refractivity contribution < 1.29 is 9.21 Å². The molecule has 3 rings (SSSR count). The summed E-state index contributed by atoms with van der Waals surface area (Å²) < 4.78 is 5.72. The molecule has 0 unspecified atom stereocenters. The minimum absolute atomic E-state index is 0.253. The molecular formula is C15H11ClN2O2S. The summed E-state index contributed by atoms with van der Waals surface area (Å²) in [5.41, 5.74) is 7.40. The third kappa shape index (κ3) is 2.89. The molecule has 2 N–H and O–H groups in total. The van der Waals surface area contributed by atoms with Crippen LogP contribution in [0.4, 0.5) is 0 Å². The lowest BCUT2D eigenvalue weighted by atomic mass is 10.1. The number of carbonyl (C=O) groups excluding carboxylic acids is 1. The number of aliphatic imine (C=N–C) groups is 1. The largest absolute Gasteiger partial charge is 0.457 e. The summed E-state index contributed by atoms with van der Waals surface area (Å²) in [7, 11) is 0. The van der Waals surface area contributed by atoms with Crippen LogP contribution in [0.3, 0.4) is 0 Å². The Labute approximate surface area is 130 Å². The van der Waals surface area contributed by atoms with Gasteiger partial charge in [-0.15, -0.1) is 0 Å². The van der Waals surface area contributed by atoms with Gasteiger partial charge in [0.15, 0.2) is 5.17 Å². The van der Waals surface area contributed by atoms with E-state index in [2.05, 4.69) is 4.99 Å². The molecular weight excluding hydrogens is 308 g/mol. The van der Waals surface area contributed by atoms with E-state index in [-0.39, 0.29) is 11.1 Å². The Balaban J connectivity index is 1.89. The van der Waals surface area contributed by atoms with E-state index in [4.69, 9.17) is 21.8 Å². The third-order valence-corrected chi connectivity index (χ3v) is 4.21. The molecule has 1 amide bonds. The van der Waals surface area contributed by atoms with Crippen molar-refractivity contribution in [2.24, 2.45) is 10.7 Å². The first-order chi connectivity index (χ1) is 10.0. The van der Waals surface area contributed by atoms with Crippen molar-refractivity contribution in [2.45, 2.75) is 6.92 Å². The van der Waals surface area contributed by atoms with Gasteiger partial charge < -0.3 is 10.2 Å². The molecule has 2 heterocycles. The van der Waals surface area contributed by atoms with E-state index in [0.717, 1.165) is 22.9 Å². The average molecular weight is 319 g/mol. The second kappa shape index (κ2) is 5.42. The zero-order chi connectivity index (χ0) is 15.0. The standard InChI is InChI=1S/C15H11ClN2O2S/c1-8-2-3-9(6-11(8)16)12-5-4-10(20-12)7-13-14(19)18-15(17)21-13/h2-7H,1H3,(H2,17,18,19). The fourth-order valence-electron chi connectivity index (χ4n) is 1.89. The van der Waals surface area contributed by atoms with Crippen LogP contribution in [0.15, 0.2) is 44.6 Å². The van der Waals surface area contributed by atoms with Crippen molar-refractivity contribution in [3.63, 3.8) is 0 Å². The zero-order valence-electron chi connectivity index (χ0n) is 11.1. The number of thioether (sulfide) groups is 1. The maximum Gasteiger partial charge on any atom is 0.286 e. The monoisotopic (exact) mass is 318 g/mol. The molecule has 0 saturated heterocycles. The molecule has 0 radical (unpaired) electrons. The number of amides is 1. The molecule has 1 aromatic carbocycles. The molecule has 1 aromatic heterocycles. The van der Waals surface area contributed by atoms with Gasteiger partial charge in [0.1, 0.15) is 11.5 Å². The van der Waals surface area contributed by atoms with Crippen LogP contribution in [0.25, 0.3) is 17.4 Å². The second-order valence-corrected chi connectivity index (χ2v) is 6.00. The van der Waals surface area contributed by atoms with E-state index in [1.807, 2.05) is 31.2 Å². The maximum atomic E-state index is 11.5. The highest BCUT2D eigenvalue weighted by atomic mass is 35.5. The summed E-state index contributed by atoms with van der Waals surface area (Å²) in [4.78, 5) is 15.6. The van der Waals surface area contributed by atoms with Gasteiger partial charge in [-0.25, -0.2) is 0 Å². The maximum absolute atomic E-state index is 11.5. The highest BCUT2D eigenvalue weighted by molar-refractivity contribution is 8.18. The molecule has 4 nitrogen and oxygen atoms in total. The van der Waals surface area contributed by atoms with Gasteiger partial charge in [0, 0.05) is 16.7 Å². The first-order valence-corrected chi connectivity index (χ1v) is 7.37. The number of furan rings is 1. The molecule has 0 fully saturated rings. The van der Waals surface area contributed by atoms with Crippen molar-refractivity contribution >= 4 is 40.5 Å². The van der Waals surface area contributed by atoms with Crippen LogP contribution in [0.1, 0.15) is 11.3 Å². The Morgan fingerprint density at radius 3 is 2.81 bits per heavy atom. The lowest BCUT2D eigenvalue weighted by Gasteiger charge is -2.00. The number of nitrogens with two attached hydrogens (primary N) is 1. The first kappa shape index (κ1) is 14.0. The van der Waals surface area contributed by atoms with Crippen molar-refractivity contribution in [3.8, 4) is 11.3 Å². The lowest BCUT2D eigenvalue weighted by Crippen LogP contribution is -2.01. The van der Waals surface area contributed by atoms with Crippen LogP contribution in [0.5, 0.6) is 0 Å². The van der Waals surface area contributed by atoms with Gasteiger partial charge in [0.25, 0.3) is 5.91 Å². The van der Waals surface area contributed by atoms with E-state index in [1.165, 1.54) is 0 Å². The van der Waals surface area contributed by atoms with Gasteiger partial charge in [0.05, 0.1) is 4.91 Å². The highest BCUT2D eigenvalue weighted by Crippen LogP contribution is 2.30. The Hall–Kier alpha value is -1.98. The summed E-state index contributed by atoms with van der Waals surface area (Å²) in [6, 6.07) is 9.35. The number of nitrogens with zero attached hydrogens (tertiary/aromatic N) is 1. The molecule has 0 saturated carbocycles. The SMILES string of the molecule is Cc1ccc(-c2ccc(C=C3SC(N)=NC3=O)o2)cc1Cl. The molecule has 0 aliphatic carbocycles.